The summed E-state index contributed by atoms with van der Waals surface area (Å²) in [4.78, 5) is 43.0. The fourth-order valence-electron chi connectivity index (χ4n) is 3.88. The van der Waals surface area contributed by atoms with Crippen LogP contribution in [0.25, 0.3) is 11.0 Å². The molecule has 1 saturated heterocycles. The SMILES string of the molecule is CCOC(=O)c1cccc(NC(=O)NCCn2cnc3cc(C(=O)N4CCCC4)ccc32)c1. The maximum Gasteiger partial charge on any atom is 0.338 e. The third kappa shape index (κ3) is 5.31. The number of nitrogens with zero attached hydrogens (tertiary/aromatic N) is 3. The Morgan fingerprint density at radius 3 is 2.67 bits per heavy atom. The number of amides is 3. The van der Waals surface area contributed by atoms with E-state index in [1.807, 2.05) is 27.7 Å². The smallest absolute Gasteiger partial charge is 0.338 e. The number of likely N-dealkylation sites (tertiary alicyclic amines) is 1. The Morgan fingerprint density at radius 2 is 1.88 bits per heavy atom. The van der Waals surface area contributed by atoms with Crippen LogP contribution < -0.4 is 10.6 Å². The van der Waals surface area contributed by atoms with Crippen molar-refractivity contribution in [3.05, 3.63) is 59.9 Å². The number of hydrogen-bond acceptors (Lipinski definition) is 5. The quantitative estimate of drug-likeness (QED) is 0.539. The molecular formula is C24H27N5O4. The number of carbonyl (C=O) groups excluding carboxylic acids is 3. The van der Waals surface area contributed by atoms with E-state index in [0.717, 1.165) is 37.0 Å². The molecule has 9 nitrogen and oxygen atoms in total. The molecule has 3 amide bonds. The molecule has 0 spiro atoms. The highest BCUT2D eigenvalue weighted by Crippen LogP contribution is 2.18. The average Bonchev–Trinajstić information content (AvgIpc) is 3.49. The number of esters is 1. The van der Waals surface area contributed by atoms with Gasteiger partial charge in [-0.25, -0.2) is 14.6 Å². The summed E-state index contributed by atoms with van der Waals surface area (Å²) < 4.78 is 6.91. The Balaban J connectivity index is 1.31. The van der Waals surface area contributed by atoms with E-state index in [1.165, 1.54) is 0 Å². The van der Waals surface area contributed by atoms with Crippen molar-refractivity contribution in [3.8, 4) is 0 Å². The fraction of sp³-hybridized carbons (Fsp3) is 0.333. The molecule has 0 radical (unpaired) electrons. The molecule has 0 unspecified atom stereocenters. The van der Waals surface area contributed by atoms with Crippen molar-refractivity contribution in [3.63, 3.8) is 0 Å². The number of urea groups is 1. The molecule has 9 heteroatoms. The van der Waals surface area contributed by atoms with E-state index in [4.69, 9.17) is 4.74 Å². The number of rotatable bonds is 7. The maximum atomic E-state index is 12.6. The van der Waals surface area contributed by atoms with Crippen LogP contribution >= 0.6 is 0 Å². The second-order valence-electron chi connectivity index (χ2n) is 7.82. The van der Waals surface area contributed by atoms with Gasteiger partial charge >= 0.3 is 12.0 Å². The van der Waals surface area contributed by atoms with Gasteiger partial charge in [0.05, 0.1) is 29.5 Å². The van der Waals surface area contributed by atoms with Crippen LogP contribution in [0.4, 0.5) is 10.5 Å². The number of aromatic nitrogens is 2. The average molecular weight is 450 g/mol. The Labute approximate surface area is 191 Å². The number of ether oxygens (including phenoxy) is 1. The molecule has 3 aromatic rings. The zero-order valence-corrected chi connectivity index (χ0v) is 18.5. The first-order valence-corrected chi connectivity index (χ1v) is 11.1. The van der Waals surface area contributed by atoms with Gasteiger partial charge in [0.1, 0.15) is 0 Å². The lowest BCUT2D eigenvalue weighted by atomic mass is 10.1. The molecule has 172 valence electrons. The van der Waals surface area contributed by atoms with E-state index in [9.17, 15) is 14.4 Å². The zero-order valence-electron chi connectivity index (χ0n) is 18.5. The van der Waals surface area contributed by atoms with Crippen LogP contribution in [0.2, 0.25) is 0 Å². The predicted molar refractivity (Wildman–Crippen MR) is 124 cm³/mol. The summed E-state index contributed by atoms with van der Waals surface area (Å²) in [6.07, 6.45) is 3.82. The minimum Gasteiger partial charge on any atom is -0.462 e. The van der Waals surface area contributed by atoms with E-state index in [1.54, 1.807) is 37.5 Å². The van der Waals surface area contributed by atoms with E-state index in [2.05, 4.69) is 15.6 Å². The van der Waals surface area contributed by atoms with Gasteiger partial charge < -0.3 is 24.8 Å². The van der Waals surface area contributed by atoms with Crippen molar-refractivity contribution in [2.75, 3.05) is 31.6 Å². The number of hydrogen-bond donors (Lipinski definition) is 2. The molecule has 1 fully saturated rings. The highest BCUT2D eigenvalue weighted by Gasteiger charge is 2.20. The standard InChI is InChI=1S/C24H27N5O4/c1-2-33-23(31)18-6-5-7-19(14-18)27-24(32)25-10-13-29-16-26-20-15-17(8-9-21(20)29)22(30)28-11-3-4-12-28/h5-9,14-16H,2-4,10-13H2,1H3,(H2,25,27,32). The first-order chi connectivity index (χ1) is 16.0. The molecule has 1 aromatic heterocycles. The van der Waals surface area contributed by atoms with Crippen molar-refractivity contribution in [1.82, 2.24) is 19.8 Å². The first-order valence-electron chi connectivity index (χ1n) is 11.1. The van der Waals surface area contributed by atoms with Crippen molar-refractivity contribution in [2.45, 2.75) is 26.3 Å². The Hall–Kier alpha value is -3.88. The van der Waals surface area contributed by atoms with Crippen molar-refractivity contribution in [2.24, 2.45) is 0 Å². The monoisotopic (exact) mass is 449 g/mol. The molecule has 0 atom stereocenters. The number of imidazole rings is 1. The zero-order chi connectivity index (χ0) is 23.2. The molecule has 4 rings (SSSR count). The molecule has 0 saturated carbocycles. The van der Waals surface area contributed by atoms with E-state index < -0.39 is 5.97 Å². The van der Waals surface area contributed by atoms with Gasteiger partial charge in [-0.3, -0.25) is 4.79 Å². The minimum atomic E-state index is -0.432. The van der Waals surface area contributed by atoms with Gasteiger partial charge in [0.25, 0.3) is 5.91 Å². The van der Waals surface area contributed by atoms with Gasteiger partial charge in [-0.05, 0) is 56.2 Å². The summed E-state index contributed by atoms with van der Waals surface area (Å²) in [6.45, 7) is 4.55. The van der Waals surface area contributed by atoms with E-state index in [-0.39, 0.29) is 18.5 Å². The largest absolute Gasteiger partial charge is 0.462 e. The van der Waals surface area contributed by atoms with Gasteiger partial charge in [0, 0.05) is 37.4 Å². The molecule has 2 N–H and O–H groups in total. The highest BCUT2D eigenvalue weighted by molar-refractivity contribution is 5.97. The Kier molecular flexibility index (Phi) is 6.87. The van der Waals surface area contributed by atoms with Crippen LogP contribution in [0.1, 0.15) is 40.5 Å². The molecule has 1 aliphatic rings. The summed E-state index contributed by atoms with van der Waals surface area (Å²) in [6, 6.07) is 11.8. The maximum absolute atomic E-state index is 12.6. The molecule has 0 aliphatic carbocycles. The van der Waals surface area contributed by atoms with Crippen LogP contribution in [-0.2, 0) is 11.3 Å². The molecular weight excluding hydrogens is 422 g/mol. The third-order valence-electron chi connectivity index (χ3n) is 5.53. The van der Waals surface area contributed by atoms with Crippen LogP contribution in [-0.4, -0.2) is 58.6 Å². The fourth-order valence-corrected chi connectivity index (χ4v) is 3.88. The number of benzene rings is 2. The van der Waals surface area contributed by atoms with Gasteiger partial charge in [0.15, 0.2) is 0 Å². The number of anilines is 1. The molecule has 2 aromatic carbocycles. The summed E-state index contributed by atoms with van der Waals surface area (Å²) >= 11 is 0. The summed E-state index contributed by atoms with van der Waals surface area (Å²) in [5.74, 6) is -0.381. The van der Waals surface area contributed by atoms with Crippen molar-refractivity contribution >= 4 is 34.6 Å². The minimum absolute atomic E-state index is 0.0503. The van der Waals surface area contributed by atoms with Crippen LogP contribution in [0, 0.1) is 0 Å². The number of nitrogens with one attached hydrogen (secondary N) is 2. The van der Waals surface area contributed by atoms with Gasteiger partial charge in [-0.15, -0.1) is 0 Å². The first kappa shape index (κ1) is 22.3. The van der Waals surface area contributed by atoms with Gasteiger partial charge in [-0.1, -0.05) is 6.07 Å². The highest BCUT2D eigenvalue weighted by atomic mass is 16.5. The van der Waals surface area contributed by atoms with Crippen LogP contribution in [0.5, 0.6) is 0 Å². The number of fused-ring (bicyclic) bond motifs is 1. The van der Waals surface area contributed by atoms with Crippen molar-refractivity contribution in [1.29, 1.82) is 0 Å². The normalized spacial score (nSPS) is 13.2. The predicted octanol–water partition coefficient (Wildman–Crippen LogP) is 3.27. The van der Waals surface area contributed by atoms with Crippen LogP contribution in [0.3, 0.4) is 0 Å². The Bertz CT molecular complexity index is 1170. The lowest BCUT2D eigenvalue weighted by Crippen LogP contribution is -2.31. The molecule has 1 aliphatic heterocycles. The van der Waals surface area contributed by atoms with Gasteiger partial charge in [0.2, 0.25) is 0 Å². The van der Waals surface area contributed by atoms with Crippen LogP contribution in [0.15, 0.2) is 48.8 Å². The summed E-state index contributed by atoms with van der Waals surface area (Å²) in [7, 11) is 0. The van der Waals surface area contributed by atoms with Gasteiger partial charge in [-0.2, -0.15) is 0 Å². The topological polar surface area (TPSA) is 106 Å². The van der Waals surface area contributed by atoms with Crippen molar-refractivity contribution < 1.29 is 19.1 Å². The Morgan fingerprint density at radius 1 is 1.06 bits per heavy atom. The summed E-state index contributed by atoms with van der Waals surface area (Å²) in [5, 5.41) is 5.52. The van der Waals surface area contributed by atoms with E-state index in [0.29, 0.717) is 29.9 Å². The van der Waals surface area contributed by atoms with E-state index >= 15 is 0 Å². The summed E-state index contributed by atoms with van der Waals surface area (Å²) in [5.41, 5.74) is 3.18. The molecule has 33 heavy (non-hydrogen) atoms. The number of carbonyl (C=O) groups is 3. The second kappa shape index (κ2) is 10.2. The second-order valence-corrected chi connectivity index (χ2v) is 7.82. The lowest BCUT2D eigenvalue weighted by Gasteiger charge is -2.15. The molecule has 2 heterocycles. The third-order valence-corrected chi connectivity index (χ3v) is 5.53. The molecule has 0 bridgehead atoms. The lowest BCUT2D eigenvalue weighted by molar-refractivity contribution is 0.0526.